The number of nitrogens with zero attached hydrogens (tertiary/aromatic N) is 5. The number of fused-ring (bicyclic) bond motifs is 2. The highest BCUT2D eigenvalue weighted by Crippen LogP contribution is 2.39. The first-order chi connectivity index (χ1) is 17.6. The number of ether oxygens (including phenoxy) is 1. The Morgan fingerprint density at radius 1 is 1.17 bits per heavy atom. The van der Waals surface area contributed by atoms with Crippen LogP contribution in [0.3, 0.4) is 0 Å². The van der Waals surface area contributed by atoms with Gasteiger partial charge in [-0.2, -0.15) is 10.2 Å². The zero-order valence-corrected chi connectivity index (χ0v) is 20.7. The minimum atomic E-state index is 0.209. The molecule has 4 aromatic rings. The van der Waals surface area contributed by atoms with Crippen molar-refractivity contribution in [1.82, 2.24) is 29.9 Å². The van der Waals surface area contributed by atoms with Gasteiger partial charge in [-0.15, -0.1) is 0 Å². The van der Waals surface area contributed by atoms with E-state index < -0.39 is 0 Å². The molecule has 8 nitrogen and oxygen atoms in total. The normalized spacial score (nSPS) is 21.3. The molecule has 8 heteroatoms. The minimum Gasteiger partial charge on any atom is -0.494 e. The van der Waals surface area contributed by atoms with Gasteiger partial charge in [0.05, 0.1) is 24.9 Å². The smallest absolute Gasteiger partial charge is 0.225 e. The number of pyridine rings is 1. The lowest BCUT2D eigenvalue weighted by atomic mass is 9.75. The number of methoxy groups -OCH3 is 1. The second-order valence-corrected chi connectivity index (χ2v) is 10.7. The Kier molecular flexibility index (Phi) is 4.91. The summed E-state index contributed by atoms with van der Waals surface area (Å²) in [5, 5.41) is 12.3. The van der Waals surface area contributed by atoms with E-state index >= 15 is 0 Å². The lowest BCUT2D eigenvalue weighted by molar-refractivity contribution is -0.145. The van der Waals surface area contributed by atoms with Gasteiger partial charge in [-0.25, -0.2) is 4.98 Å². The maximum atomic E-state index is 12.6. The Morgan fingerprint density at radius 3 is 2.83 bits per heavy atom. The van der Waals surface area contributed by atoms with Crippen LogP contribution in [0.2, 0.25) is 0 Å². The van der Waals surface area contributed by atoms with Gasteiger partial charge >= 0.3 is 0 Å². The number of nitrogens with one attached hydrogen (secondary N) is 1. The molecule has 1 saturated heterocycles. The van der Waals surface area contributed by atoms with E-state index in [1.807, 2.05) is 28.0 Å². The summed E-state index contributed by atoms with van der Waals surface area (Å²) in [5.74, 6) is 1.97. The molecule has 1 aliphatic heterocycles. The van der Waals surface area contributed by atoms with Crippen LogP contribution in [-0.2, 0) is 17.6 Å². The number of hydrogen-bond acceptors (Lipinski definition) is 5. The van der Waals surface area contributed by atoms with Gasteiger partial charge < -0.3 is 9.64 Å². The fraction of sp³-hybridized carbons (Fsp3) is 0.429. The van der Waals surface area contributed by atoms with Gasteiger partial charge in [-0.3, -0.25) is 14.6 Å². The lowest BCUT2D eigenvalue weighted by Crippen LogP contribution is -2.54. The number of aromatic amines is 1. The zero-order chi connectivity index (χ0) is 24.4. The summed E-state index contributed by atoms with van der Waals surface area (Å²) in [7, 11) is 1.69. The third kappa shape index (κ3) is 3.34. The van der Waals surface area contributed by atoms with Crippen molar-refractivity contribution in [2.45, 2.75) is 45.1 Å². The maximum absolute atomic E-state index is 12.6. The van der Waals surface area contributed by atoms with Crippen molar-refractivity contribution in [3.63, 3.8) is 0 Å². The summed E-state index contributed by atoms with van der Waals surface area (Å²) < 4.78 is 7.72. The van der Waals surface area contributed by atoms with Crippen LogP contribution in [0, 0.1) is 11.8 Å². The molecule has 2 fully saturated rings. The average Bonchev–Trinajstić information content (AvgIpc) is 3.59. The second-order valence-electron chi connectivity index (χ2n) is 10.7. The average molecular weight is 483 g/mol. The van der Waals surface area contributed by atoms with E-state index in [-0.39, 0.29) is 12.0 Å². The Labute approximate surface area is 209 Å². The molecule has 3 aromatic heterocycles. The van der Waals surface area contributed by atoms with E-state index in [2.05, 4.69) is 40.4 Å². The van der Waals surface area contributed by atoms with Crippen molar-refractivity contribution < 1.29 is 9.53 Å². The van der Waals surface area contributed by atoms with Gasteiger partial charge in [0.2, 0.25) is 5.91 Å². The third-order valence-corrected chi connectivity index (χ3v) is 8.27. The highest BCUT2D eigenvalue weighted by atomic mass is 16.5. The van der Waals surface area contributed by atoms with Crippen LogP contribution in [0.1, 0.15) is 43.4 Å². The van der Waals surface area contributed by atoms with E-state index in [4.69, 9.17) is 9.72 Å². The first-order valence-electron chi connectivity index (χ1n) is 13.0. The molecule has 0 unspecified atom stereocenters. The van der Waals surface area contributed by atoms with Gasteiger partial charge in [0.25, 0.3) is 0 Å². The third-order valence-electron chi connectivity index (χ3n) is 8.27. The Bertz CT molecular complexity index is 1470. The van der Waals surface area contributed by atoms with Crippen molar-refractivity contribution in [2.24, 2.45) is 11.8 Å². The van der Waals surface area contributed by atoms with Crippen molar-refractivity contribution in [1.29, 1.82) is 0 Å². The summed E-state index contributed by atoms with van der Waals surface area (Å²) in [6.45, 7) is 3.67. The predicted molar refractivity (Wildman–Crippen MR) is 137 cm³/mol. The summed E-state index contributed by atoms with van der Waals surface area (Å²) >= 11 is 0. The summed E-state index contributed by atoms with van der Waals surface area (Å²) in [5.41, 5.74) is 8.13. The van der Waals surface area contributed by atoms with Crippen LogP contribution in [0.15, 0.2) is 36.7 Å². The van der Waals surface area contributed by atoms with E-state index in [0.29, 0.717) is 11.8 Å². The van der Waals surface area contributed by atoms with Gasteiger partial charge in [0.1, 0.15) is 22.7 Å². The molecule has 36 heavy (non-hydrogen) atoms. The standard InChI is InChI=1S/C28H30N6O2/c1-16-9-18(10-16)28(35)33-14-20(15-33)34-13-19(12-29-34)25-27-23(31-32-25)11-24(36-2)26(30-27)22-8-4-6-17-5-3-7-21(17)22/h4,6,8,11-13,16,18,20H,3,5,7,9-10,14-15H2,1-2H3,(H,31,32). The van der Waals surface area contributed by atoms with Crippen LogP contribution < -0.4 is 4.74 Å². The molecule has 1 N–H and O–H groups in total. The number of carbonyl (C=O) groups excluding carboxylic acids is 1. The number of benzene rings is 1. The highest BCUT2D eigenvalue weighted by molar-refractivity contribution is 5.93. The number of H-pyrrole nitrogens is 1. The molecule has 4 heterocycles. The first-order valence-corrected chi connectivity index (χ1v) is 13.0. The van der Waals surface area contributed by atoms with Crippen LogP contribution in [-0.4, -0.2) is 56.0 Å². The van der Waals surface area contributed by atoms with E-state index in [1.54, 1.807) is 7.11 Å². The largest absolute Gasteiger partial charge is 0.494 e. The highest BCUT2D eigenvalue weighted by Gasteiger charge is 2.40. The molecular formula is C28H30N6O2. The number of likely N-dealkylation sites (tertiary alicyclic amines) is 1. The summed E-state index contributed by atoms with van der Waals surface area (Å²) in [4.78, 5) is 19.7. The minimum absolute atomic E-state index is 0.209. The molecule has 1 amide bonds. The SMILES string of the molecule is COc1cc2[nH]nc(-c3cnn(C4CN(C(=O)C5CC(C)C5)C4)c3)c2nc1-c1cccc2c1CCC2. The van der Waals surface area contributed by atoms with Crippen molar-refractivity contribution in [3.05, 3.63) is 47.8 Å². The predicted octanol–water partition coefficient (Wildman–Crippen LogP) is 4.42. The number of rotatable bonds is 5. The molecule has 1 saturated carbocycles. The van der Waals surface area contributed by atoms with Crippen molar-refractivity contribution in [2.75, 3.05) is 20.2 Å². The molecular weight excluding hydrogens is 452 g/mol. The lowest BCUT2D eigenvalue weighted by Gasteiger charge is -2.43. The number of amides is 1. The van der Waals surface area contributed by atoms with Crippen molar-refractivity contribution >= 4 is 16.9 Å². The number of hydrogen-bond donors (Lipinski definition) is 1. The number of aromatic nitrogens is 5. The Hall–Kier alpha value is -3.68. The van der Waals surface area contributed by atoms with Gasteiger partial charge in [-0.05, 0) is 49.1 Å². The van der Waals surface area contributed by atoms with Crippen LogP contribution in [0.4, 0.5) is 0 Å². The molecule has 184 valence electrons. The summed E-state index contributed by atoms with van der Waals surface area (Å²) in [6, 6.07) is 8.68. The van der Waals surface area contributed by atoms with Gasteiger partial charge in [0, 0.05) is 42.4 Å². The van der Waals surface area contributed by atoms with E-state index in [9.17, 15) is 4.79 Å². The van der Waals surface area contributed by atoms with E-state index in [1.165, 1.54) is 17.5 Å². The zero-order valence-electron chi connectivity index (χ0n) is 20.7. The van der Waals surface area contributed by atoms with Crippen molar-refractivity contribution in [3.8, 4) is 28.3 Å². The summed E-state index contributed by atoms with van der Waals surface area (Å²) in [6.07, 6.45) is 9.30. The maximum Gasteiger partial charge on any atom is 0.225 e. The van der Waals surface area contributed by atoms with Gasteiger partial charge in [0.15, 0.2) is 0 Å². The molecule has 7 rings (SSSR count). The molecule has 1 aromatic carbocycles. The number of carbonyl (C=O) groups is 1. The molecule has 0 atom stereocenters. The molecule has 2 aliphatic carbocycles. The second kappa shape index (κ2) is 8.18. The number of aryl methyl sites for hydroxylation is 1. The molecule has 3 aliphatic rings. The topological polar surface area (TPSA) is 88.9 Å². The van der Waals surface area contributed by atoms with Gasteiger partial charge in [-0.1, -0.05) is 25.1 Å². The quantitative estimate of drug-likeness (QED) is 0.455. The molecule has 0 spiro atoms. The fourth-order valence-electron chi connectivity index (χ4n) is 6.15. The fourth-order valence-corrected chi connectivity index (χ4v) is 6.15. The Morgan fingerprint density at radius 2 is 2.03 bits per heavy atom. The molecule has 0 bridgehead atoms. The molecule has 0 radical (unpaired) electrons. The first kappa shape index (κ1) is 21.6. The van der Waals surface area contributed by atoms with Crippen LogP contribution in [0.25, 0.3) is 33.5 Å². The van der Waals surface area contributed by atoms with E-state index in [0.717, 1.165) is 78.1 Å². The van der Waals surface area contributed by atoms with Crippen LogP contribution in [0.5, 0.6) is 5.75 Å². The van der Waals surface area contributed by atoms with Crippen LogP contribution >= 0.6 is 0 Å². The monoisotopic (exact) mass is 482 g/mol. The Balaban J connectivity index is 1.17.